The van der Waals surface area contributed by atoms with Crippen LogP contribution in [0.4, 0.5) is 4.79 Å². The molecular weight excluding hydrogens is 314 g/mol. The van der Waals surface area contributed by atoms with Crippen LogP contribution in [0.25, 0.3) is 11.1 Å². The number of aliphatic hydroxyl groups excluding tert-OH is 1. The molecule has 25 heavy (non-hydrogen) atoms. The lowest BCUT2D eigenvalue weighted by Crippen LogP contribution is -2.48. The van der Waals surface area contributed by atoms with Crippen molar-refractivity contribution in [3.63, 3.8) is 0 Å². The summed E-state index contributed by atoms with van der Waals surface area (Å²) in [6.07, 6.45) is 1.39. The minimum Gasteiger partial charge on any atom is -0.448 e. The summed E-state index contributed by atoms with van der Waals surface area (Å²) in [5.74, 6) is 0.0688. The zero-order valence-electron chi connectivity index (χ0n) is 14.4. The zero-order valence-corrected chi connectivity index (χ0v) is 14.4. The fraction of sp³-hybridized carbons (Fsp3) is 0.381. The van der Waals surface area contributed by atoms with Crippen LogP contribution in [0.5, 0.6) is 0 Å². The third kappa shape index (κ3) is 2.61. The Bertz CT molecular complexity index is 758. The Morgan fingerprint density at radius 3 is 2.36 bits per heavy atom. The van der Waals surface area contributed by atoms with E-state index in [1.54, 1.807) is 4.90 Å². The summed E-state index contributed by atoms with van der Waals surface area (Å²) in [5, 5.41) is 9.64. The van der Waals surface area contributed by atoms with Crippen molar-refractivity contribution >= 4 is 6.09 Å². The van der Waals surface area contributed by atoms with Gasteiger partial charge in [-0.05, 0) is 42.0 Å². The molecule has 0 spiro atoms. The van der Waals surface area contributed by atoms with E-state index >= 15 is 0 Å². The minimum absolute atomic E-state index is 0.0306. The third-order valence-corrected chi connectivity index (χ3v) is 5.65. The van der Waals surface area contributed by atoms with Gasteiger partial charge in [0.15, 0.2) is 0 Å². The highest BCUT2D eigenvalue weighted by atomic mass is 16.6. The summed E-state index contributed by atoms with van der Waals surface area (Å²) >= 11 is 0. The number of benzene rings is 2. The van der Waals surface area contributed by atoms with Crippen LogP contribution in [0.3, 0.4) is 0 Å². The third-order valence-electron chi connectivity index (χ3n) is 5.65. The van der Waals surface area contributed by atoms with Gasteiger partial charge in [0.25, 0.3) is 0 Å². The molecule has 1 saturated heterocycles. The molecule has 2 aromatic rings. The topological polar surface area (TPSA) is 49.8 Å². The highest BCUT2D eigenvalue weighted by Crippen LogP contribution is 2.44. The van der Waals surface area contributed by atoms with Gasteiger partial charge in [-0.15, -0.1) is 0 Å². The molecule has 0 unspecified atom stereocenters. The van der Waals surface area contributed by atoms with Crippen LogP contribution in [-0.4, -0.2) is 41.4 Å². The number of nitrogens with zero attached hydrogens (tertiary/aromatic N) is 1. The predicted molar refractivity (Wildman–Crippen MR) is 96.5 cm³/mol. The number of aliphatic hydroxyl groups is 1. The van der Waals surface area contributed by atoms with Crippen molar-refractivity contribution < 1.29 is 14.6 Å². The number of hydrogen-bond acceptors (Lipinski definition) is 3. The Morgan fingerprint density at radius 1 is 1.16 bits per heavy atom. The van der Waals surface area contributed by atoms with Gasteiger partial charge in [-0.2, -0.15) is 0 Å². The van der Waals surface area contributed by atoms with Gasteiger partial charge in [0.05, 0.1) is 12.1 Å². The number of carbonyl (C=O) groups is 1. The SMILES string of the molecule is C[C@]1(CO)CCCN1C(=O)OCC1c2ccccc2-c2ccccc21. The van der Waals surface area contributed by atoms with Crippen LogP contribution in [0.2, 0.25) is 0 Å². The molecule has 0 radical (unpaired) electrons. The predicted octanol–water partition coefficient (Wildman–Crippen LogP) is 3.78. The number of fused-ring (bicyclic) bond motifs is 3. The van der Waals surface area contributed by atoms with Crippen LogP contribution in [-0.2, 0) is 4.74 Å². The molecule has 1 fully saturated rings. The van der Waals surface area contributed by atoms with Crippen molar-refractivity contribution in [2.75, 3.05) is 19.8 Å². The normalized spacial score (nSPS) is 21.9. The maximum atomic E-state index is 12.6. The van der Waals surface area contributed by atoms with Crippen molar-refractivity contribution in [1.29, 1.82) is 0 Å². The molecule has 1 heterocycles. The molecule has 1 aliphatic carbocycles. The monoisotopic (exact) mass is 337 g/mol. The summed E-state index contributed by atoms with van der Waals surface area (Å²) in [6.45, 7) is 2.86. The largest absolute Gasteiger partial charge is 0.448 e. The first-order valence-electron chi connectivity index (χ1n) is 8.87. The van der Waals surface area contributed by atoms with Crippen molar-refractivity contribution in [3.8, 4) is 11.1 Å². The maximum Gasteiger partial charge on any atom is 0.410 e. The second-order valence-electron chi connectivity index (χ2n) is 7.21. The van der Waals surface area contributed by atoms with Crippen LogP contribution in [0.1, 0.15) is 36.8 Å². The van der Waals surface area contributed by atoms with E-state index in [1.807, 2.05) is 31.2 Å². The average molecular weight is 337 g/mol. The van der Waals surface area contributed by atoms with Gasteiger partial charge >= 0.3 is 6.09 Å². The minimum atomic E-state index is -0.497. The van der Waals surface area contributed by atoms with E-state index in [9.17, 15) is 9.90 Å². The molecule has 4 heteroatoms. The fourth-order valence-corrected chi connectivity index (χ4v) is 4.17. The second-order valence-corrected chi connectivity index (χ2v) is 7.21. The number of rotatable bonds is 3. The van der Waals surface area contributed by atoms with E-state index in [4.69, 9.17) is 4.74 Å². The maximum absolute atomic E-state index is 12.6. The molecule has 1 amide bonds. The van der Waals surface area contributed by atoms with Crippen molar-refractivity contribution in [1.82, 2.24) is 4.90 Å². The average Bonchev–Trinajstić information content (AvgIpc) is 3.19. The molecule has 2 aromatic carbocycles. The molecule has 4 rings (SSSR count). The van der Waals surface area contributed by atoms with Crippen LogP contribution in [0, 0.1) is 0 Å². The highest BCUT2D eigenvalue weighted by molar-refractivity contribution is 5.79. The van der Waals surface area contributed by atoms with Gasteiger partial charge in [-0.3, -0.25) is 0 Å². The Labute approximate surface area is 148 Å². The molecule has 1 atom stereocenters. The number of ether oxygens (including phenoxy) is 1. The number of likely N-dealkylation sites (tertiary alicyclic amines) is 1. The molecule has 130 valence electrons. The van der Waals surface area contributed by atoms with Crippen molar-refractivity contribution in [2.45, 2.75) is 31.2 Å². The lowest BCUT2D eigenvalue weighted by atomic mass is 9.98. The lowest BCUT2D eigenvalue weighted by Gasteiger charge is -2.33. The van der Waals surface area contributed by atoms with E-state index in [0.29, 0.717) is 13.2 Å². The highest BCUT2D eigenvalue weighted by Gasteiger charge is 2.40. The summed E-state index contributed by atoms with van der Waals surface area (Å²) < 4.78 is 5.70. The van der Waals surface area contributed by atoms with Gasteiger partial charge in [0.1, 0.15) is 6.61 Å². The Morgan fingerprint density at radius 2 is 1.76 bits per heavy atom. The van der Waals surface area contributed by atoms with E-state index in [-0.39, 0.29) is 18.6 Å². The van der Waals surface area contributed by atoms with Gasteiger partial charge in [0, 0.05) is 12.5 Å². The van der Waals surface area contributed by atoms with E-state index in [2.05, 4.69) is 24.3 Å². The molecule has 1 N–H and O–H groups in total. The standard InChI is InChI=1S/C21H23NO3/c1-21(14-23)11-6-12-22(21)20(24)25-13-19-17-9-4-2-7-15(17)16-8-3-5-10-18(16)19/h2-5,7-10,19,23H,6,11-14H2,1H3/t21-/m1/s1. The molecule has 0 saturated carbocycles. The molecule has 1 aliphatic heterocycles. The van der Waals surface area contributed by atoms with E-state index in [1.165, 1.54) is 22.3 Å². The molecule has 0 aromatic heterocycles. The van der Waals surface area contributed by atoms with E-state index in [0.717, 1.165) is 12.8 Å². The summed E-state index contributed by atoms with van der Waals surface area (Å²) in [6, 6.07) is 16.6. The first-order valence-corrected chi connectivity index (χ1v) is 8.87. The smallest absolute Gasteiger partial charge is 0.410 e. The Hall–Kier alpha value is -2.33. The van der Waals surface area contributed by atoms with Crippen LogP contribution < -0.4 is 0 Å². The Balaban J connectivity index is 1.55. The quantitative estimate of drug-likeness (QED) is 0.927. The number of carbonyl (C=O) groups excluding carboxylic acids is 1. The zero-order chi connectivity index (χ0) is 17.4. The lowest BCUT2D eigenvalue weighted by molar-refractivity contribution is 0.0479. The van der Waals surface area contributed by atoms with Crippen molar-refractivity contribution in [3.05, 3.63) is 59.7 Å². The molecule has 2 aliphatic rings. The Kier molecular flexibility index (Phi) is 4.00. The van der Waals surface area contributed by atoms with Crippen LogP contribution in [0.15, 0.2) is 48.5 Å². The van der Waals surface area contributed by atoms with Crippen molar-refractivity contribution in [2.24, 2.45) is 0 Å². The first-order chi connectivity index (χ1) is 12.1. The molecule has 4 nitrogen and oxygen atoms in total. The van der Waals surface area contributed by atoms with Gasteiger partial charge in [-0.25, -0.2) is 4.79 Å². The van der Waals surface area contributed by atoms with Gasteiger partial charge < -0.3 is 14.7 Å². The summed E-state index contributed by atoms with van der Waals surface area (Å²) in [7, 11) is 0. The van der Waals surface area contributed by atoms with E-state index < -0.39 is 5.54 Å². The summed E-state index contributed by atoms with van der Waals surface area (Å²) in [4.78, 5) is 14.3. The van der Waals surface area contributed by atoms with Gasteiger partial charge in [-0.1, -0.05) is 48.5 Å². The first kappa shape index (κ1) is 16.2. The van der Waals surface area contributed by atoms with Crippen LogP contribution >= 0.6 is 0 Å². The molecule has 0 bridgehead atoms. The van der Waals surface area contributed by atoms with Gasteiger partial charge in [0.2, 0.25) is 0 Å². The molecular formula is C21H23NO3. The summed E-state index contributed by atoms with van der Waals surface area (Å²) in [5.41, 5.74) is 4.37. The number of amides is 1. The number of hydrogen-bond donors (Lipinski definition) is 1. The fourth-order valence-electron chi connectivity index (χ4n) is 4.17. The second kappa shape index (κ2) is 6.19.